The molecule has 0 saturated carbocycles. The molecule has 2 aromatic carbocycles. The van der Waals surface area contributed by atoms with Crippen LogP contribution in [0.5, 0.6) is 5.75 Å². The minimum atomic E-state index is -0.574. The van der Waals surface area contributed by atoms with Crippen molar-refractivity contribution in [2.45, 2.75) is 13.8 Å². The fraction of sp³-hybridized carbons (Fsp3) is 0.429. The highest BCUT2D eigenvalue weighted by molar-refractivity contribution is 6.19. The molecule has 0 bridgehead atoms. The molecule has 0 spiro atoms. The van der Waals surface area contributed by atoms with Gasteiger partial charge in [-0.05, 0) is 44.2 Å². The molecule has 0 N–H and O–H groups in total. The van der Waals surface area contributed by atoms with E-state index in [4.69, 9.17) is 16.3 Å². The molecule has 3 rings (SSSR count). The van der Waals surface area contributed by atoms with E-state index in [0.29, 0.717) is 38.3 Å². The van der Waals surface area contributed by atoms with Gasteiger partial charge < -0.3 is 14.5 Å². The van der Waals surface area contributed by atoms with Gasteiger partial charge in [-0.25, -0.2) is 4.39 Å². The summed E-state index contributed by atoms with van der Waals surface area (Å²) in [6.07, 6.45) is 3.87. The van der Waals surface area contributed by atoms with Crippen molar-refractivity contribution < 1.29 is 18.7 Å². The Morgan fingerprint density at radius 3 is 2.39 bits per heavy atom. The Labute approximate surface area is 218 Å². The van der Waals surface area contributed by atoms with Gasteiger partial charge in [0.25, 0.3) is 5.91 Å². The van der Waals surface area contributed by atoms with Crippen molar-refractivity contribution in [1.29, 1.82) is 0 Å². The van der Waals surface area contributed by atoms with Gasteiger partial charge in [0.05, 0.1) is 12.5 Å². The summed E-state index contributed by atoms with van der Waals surface area (Å²) < 4.78 is 18.8. The van der Waals surface area contributed by atoms with Crippen LogP contribution in [0.25, 0.3) is 6.08 Å². The maximum atomic E-state index is 13.4. The van der Waals surface area contributed by atoms with Crippen LogP contribution in [-0.2, 0) is 4.79 Å². The predicted octanol–water partition coefficient (Wildman–Crippen LogP) is 4.40. The summed E-state index contributed by atoms with van der Waals surface area (Å²) in [6.45, 7) is 8.07. The lowest BCUT2D eigenvalue weighted by Gasteiger charge is -2.38. The molecule has 1 heterocycles. The number of rotatable bonds is 10. The number of carbonyl (C=O) groups excluding carboxylic acids is 2. The monoisotopic (exact) mass is 515 g/mol. The summed E-state index contributed by atoms with van der Waals surface area (Å²) >= 11 is 5.98. The van der Waals surface area contributed by atoms with Gasteiger partial charge in [-0.1, -0.05) is 30.4 Å². The quantitative estimate of drug-likeness (QED) is 0.440. The molecule has 2 aromatic rings. The maximum absolute atomic E-state index is 13.4. The summed E-state index contributed by atoms with van der Waals surface area (Å²) in [7, 11) is 1.63. The van der Waals surface area contributed by atoms with E-state index < -0.39 is 5.41 Å². The van der Waals surface area contributed by atoms with Crippen LogP contribution in [0.2, 0.25) is 0 Å². The van der Waals surface area contributed by atoms with Gasteiger partial charge in [-0.3, -0.25) is 14.5 Å². The average Bonchev–Trinajstić information content (AvgIpc) is 2.90. The number of halogens is 2. The molecule has 1 saturated heterocycles. The fourth-order valence-corrected chi connectivity index (χ4v) is 4.20. The van der Waals surface area contributed by atoms with Gasteiger partial charge in [0.15, 0.2) is 0 Å². The normalized spacial score (nSPS) is 14.8. The van der Waals surface area contributed by atoms with E-state index in [1.54, 1.807) is 12.0 Å². The molecular weight excluding hydrogens is 481 g/mol. The zero-order valence-corrected chi connectivity index (χ0v) is 22.0. The van der Waals surface area contributed by atoms with Gasteiger partial charge >= 0.3 is 0 Å². The summed E-state index contributed by atoms with van der Waals surface area (Å²) in [5, 5.41) is 0. The lowest BCUT2D eigenvalue weighted by molar-refractivity contribution is -0.141. The van der Waals surface area contributed by atoms with Crippen molar-refractivity contribution in [2.75, 3.05) is 58.8 Å². The smallest absolute Gasteiger partial charge is 0.254 e. The largest absolute Gasteiger partial charge is 0.496 e. The molecule has 0 unspecified atom stereocenters. The number of hydrogen-bond acceptors (Lipinski definition) is 4. The first-order chi connectivity index (χ1) is 17.2. The van der Waals surface area contributed by atoms with Gasteiger partial charge in [0.1, 0.15) is 11.6 Å². The standard InChI is InChI=1S/C28H35ClFN3O3/c1-28(2,21-29)27(35)33-19-16-31(17-20-33)15-18-32(26(34)23-10-12-24(30)13-11-23)14-6-8-22-7-4-5-9-25(22)36-3/h4-13H,14-21H2,1-3H3/b8-6+. The lowest BCUT2D eigenvalue weighted by Crippen LogP contribution is -2.53. The van der Waals surface area contributed by atoms with Crippen LogP contribution in [0.3, 0.4) is 0 Å². The topological polar surface area (TPSA) is 53.1 Å². The summed E-state index contributed by atoms with van der Waals surface area (Å²) in [5.74, 6) is 0.590. The first-order valence-corrected chi connectivity index (χ1v) is 12.7. The number of para-hydroxylation sites is 1. The maximum Gasteiger partial charge on any atom is 0.254 e. The van der Waals surface area contributed by atoms with E-state index in [0.717, 1.165) is 24.4 Å². The number of carbonyl (C=O) groups is 2. The van der Waals surface area contributed by atoms with Crippen LogP contribution in [0.1, 0.15) is 29.8 Å². The third-order valence-corrected chi connectivity index (χ3v) is 7.07. The first kappa shape index (κ1) is 27.7. The molecule has 1 aliphatic rings. The second-order valence-electron chi connectivity index (χ2n) is 9.55. The summed E-state index contributed by atoms with van der Waals surface area (Å²) in [6, 6.07) is 13.3. The molecular formula is C28H35ClFN3O3. The highest BCUT2D eigenvalue weighted by Gasteiger charge is 2.33. The lowest BCUT2D eigenvalue weighted by atomic mass is 9.94. The predicted molar refractivity (Wildman–Crippen MR) is 142 cm³/mol. The minimum Gasteiger partial charge on any atom is -0.496 e. The second-order valence-corrected chi connectivity index (χ2v) is 9.82. The van der Waals surface area contributed by atoms with Crippen LogP contribution in [0.4, 0.5) is 4.39 Å². The zero-order valence-electron chi connectivity index (χ0n) is 21.3. The number of alkyl halides is 1. The van der Waals surface area contributed by atoms with Gasteiger partial charge in [0, 0.05) is 62.8 Å². The van der Waals surface area contributed by atoms with Crippen LogP contribution < -0.4 is 4.74 Å². The Kier molecular flexibility index (Phi) is 9.90. The number of nitrogens with zero attached hydrogens (tertiary/aromatic N) is 3. The third-order valence-electron chi connectivity index (χ3n) is 6.40. The molecule has 0 atom stereocenters. The van der Waals surface area contributed by atoms with Crippen molar-refractivity contribution in [2.24, 2.45) is 5.41 Å². The number of amides is 2. The number of benzene rings is 2. The number of ether oxygens (including phenoxy) is 1. The third kappa shape index (κ3) is 7.31. The second kappa shape index (κ2) is 12.9. The molecule has 1 aliphatic heterocycles. The van der Waals surface area contributed by atoms with Crippen LogP contribution in [0, 0.1) is 11.2 Å². The Morgan fingerprint density at radius 1 is 1.08 bits per heavy atom. The van der Waals surface area contributed by atoms with Crippen molar-refractivity contribution >= 4 is 29.5 Å². The summed E-state index contributed by atoms with van der Waals surface area (Å²) in [5.41, 5.74) is 0.797. The Morgan fingerprint density at radius 2 is 1.75 bits per heavy atom. The molecule has 6 nitrogen and oxygen atoms in total. The van der Waals surface area contributed by atoms with Crippen molar-refractivity contribution in [3.05, 3.63) is 71.6 Å². The number of hydrogen-bond donors (Lipinski definition) is 0. The number of piperazine rings is 1. The fourth-order valence-electron chi connectivity index (χ4n) is 4.08. The molecule has 8 heteroatoms. The first-order valence-electron chi connectivity index (χ1n) is 12.2. The Bertz CT molecular complexity index is 1050. The Hall–Kier alpha value is -2.90. The molecule has 0 radical (unpaired) electrons. The van der Waals surface area contributed by atoms with Crippen molar-refractivity contribution in [1.82, 2.24) is 14.7 Å². The van der Waals surface area contributed by atoms with Crippen molar-refractivity contribution in [3.63, 3.8) is 0 Å². The van der Waals surface area contributed by atoms with Gasteiger partial charge in [-0.15, -0.1) is 11.6 Å². The Balaban J connectivity index is 1.64. The van der Waals surface area contributed by atoms with Gasteiger partial charge in [-0.2, -0.15) is 0 Å². The SMILES string of the molecule is COc1ccccc1/C=C/CN(CCN1CCN(C(=O)C(C)(C)CCl)CC1)C(=O)c1ccc(F)cc1. The summed E-state index contributed by atoms with van der Waals surface area (Å²) in [4.78, 5) is 31.8. The van der Waals surface area contributed by atoms with Gasteiger partial charge in [0.2, 0.25) is 5.91 Å². The van der Waals surface area contributed by atoms with E-state index in [1.165, 1.54) is 24.3 Å². The zero-order chi connectivity index (χ0) is 26.1. The van der Waals surface area contributed by atoms with E-state index in [1.807, 2.05) is 55.2 Å². The van der Waals surface area contributed by atoms with Crippen LogP contribution in [0.15, 0.2) is 54.6 Å². The van der Waals surface area contributed by atoms with Crippen molar-refractivity contribution in [3.8, 4) is 5.75 Å². The highest BCUT2D eigenvalue weighted by atomic mass is 35.5. The molecule has 194 valence electrons. The number of methoxy groups -OCH3 is 1. The molecule has 0 aliphatic carbocycles. The van der Waals surface area contributed by atoms with E-state index in [-0.39, 0.29) is 23.5 Å². The van der Waals surface area contributed by atoms with E-state index in [2.05, 4.69) is 4.90 Å². The molecule has 2 amide bonds. The van der Waals surface area contributed by atoms with Crippen LogP contribution in [-0.4, -0.2) is 85.3 Å². The minimum absolute atomic E-state index is 0.0757. The molecule has 36 heavy (non-hydrogen) atoms. The average molecular weight is 516 g/mol. The molecule has 0 aromatic heterocycles. The highest BCUT2D eigenvalue weighted by Crippen LogP contribution is 2.22. The van der Waals surface area contributed by atoms with Crippen LogP contribution >= 0.6 is 11.6 Å². The van der Waals surface area contributed by atoms with E-state index >= 15 is 0 Å². The van der Waals surface area contributed by atoms with E-state index in [9.17, 15) is 14.0 Å². The molecule has 1 fully saturated rings.